The summed E-state index contributed by atoms with van der Waals surface area (Å²) in [5.74, 6) is -1.32. The fraction of sp³-hybridized carbons (Fsp3) is 0.312. The number of piperidine rings is 1. The molecular formula is C16H14N4O3. The quantitative estimate of drug-likeness (QED) is 0.692. The third kappa shape index (κ3) is 2.08. The molecule has 1 aliphatic heterocycles. The van der Waals surface area contributed by atoms with Crippen molar-refractivity contribution in [2.75, 3.05) is 13.1 Å². The first-order valence-corrected chi connectivity index (χ1v) is 7.62. The van der Waals surface area contributed by atoms with Crippen LogP contribution in [0.5, 0.6) is 0 Å². The molecule has 2 heterocycles. The van der Waals surface area contributed by atoms with Crippen molar-refractivity contribution in [2.45, 2.75) is 19.3 Å². The number of likely N-dealkylation sites (tertiary alicyclic amines) is 1. The highest BCUT2D eigenvalue weighted by atomic mass is 16.2. The summed E-state index contributed by atoms with van der Waals surface area (Å²) in [4.78, 5) is 39.4. The minimum absolute atomic E-state index is 0.0425. The van der Waals surface area contributed by atoms with Gasteiger partial charge in [0.05, 0.1) is 0 Å². The molecule has 1 aromatic carbocycles. The maximum atomic E-state index is 12.5. The lowest BCUT2D eigenvalue weighted by Gasteiger charge is -2.25. The van der Waals surface area contributed by atoms with Gasteiger partial charge in [-0.1, -0.05) is 29.1 Å². The molecule has 1 fully saturated rings. The first kappa shape index (κ1) is 13.8. The van der Waals surface area contributed by atoms with E-state index in [9.17, 15) is 14.4 Å². The van der Waals surface area contributed by atoms with Gasteiger partial charge in [0, 0.05) is 24.2 Å². The van der Waals surface area contributed by atoms with Crippen molar-refractivity contribution >= 4 is 17.6 Å². The lowest BCUT2D eigenvalue weighted by atomic mass is 9.90. The van der Waals surface area contributed by atoms with E-state index in [1.807, 2.05) is 0 Å². The maximum absolute atomic E-state index is 12.5. The van der Waals surface area contributed by atoms with Gasteiger partial charge in [-0.2, -0.15) is 0 Å². The summed E-state index contributed by atoms with van der Waals surface area (Å²) in [6.07, 6.45) is 3.01. The van der Waals surface area contributed by atoms with Gasteiger partial charge in [-0.3, -0.25) is 9.59 Å². The average Bonchev–Trinajstić information content (AvgIpc) is 3.05. The number of hydrogen-bond acceptors (Lipinski definition) is 5. The van der Waals surface area contributed by atoms with E-state index in [2.05, 4.69) is 10.2 Å². The lowest BCUT2D eigenvalue weighted by molar-refractivity contribution is 0.0812. The summed E-state index contributed by atoms with van der Waals surface area (Å²) in [5, 5.41) is 8.19. The Morgan fingerprint density at radius 3 is 2.26 bits per heavy atom. The van der Waals surface area contributed by atoms with Crippen molar-refractivity contribution in [3.8, 4) is 11.3 Å². The molecule has 1 aliphatic carbocycles. The number of benzene rings is 1. The van der Waals surface area contributed by atoms with E-state index < -0.39 is 11.6 Å². The number of hydrogen-bond donors (Lipinski definition) is 0. The molecule has 0 unspecified atom stereocenters. The summed E-state index contributed by atoms with van der Waals surface area (Å²) in [5.41, 5.74) is 1.11. The van der Waals surface area contributed by atoms with E-state index >= 15 is 0 Å². The van der Waals surface area contributed by atoms with Crippen LogP contribution in [0.25, 0.3) is 11.3 Å². The highest BCUT2D eigenvalue weighted by Crippen LogP contribution is 2.30. The van der Waals surface area contributed by atoms with Crippen molar-refractivity contribution in [3.05, 3.63) is 35.5 Å². The number of carbonyl (C=O) groups is 3. The molecule has 4 rings (SSSR count). The van der Waals surface area contributed by atoms with Gasteiger partial charge in [0.25, 0.3) is 5.78 Å². The number of aromatic nitrogens is 3. The Morgan fingerprint density at radius 2 is 1.52 bits per heavy atom. The fourth-order valence-electron chi connectivity index (χ4n) is 3.06. The second kappa shape index (κ2) is 5.12. The van der Waals surface area contributed by atoms with Gasteiger partial charge in [-0.15, -0.1) is 10.2 Å². The number of carbonyl (C=O) groups excluding carboxylic acids is 3. The van der Waals surface area contributed by atoms with Gasteiger partial charge < -0.3 is 4.90 Å². The van der Waals surface area contributed by atoms with Crippen LogP contribution in [-0.2, 0) is 0 Å². The van der Waals surface area contributed by atoms with E-state index in [1.54, 1.807) is 29.2 Å². The molecule has 1 aromatic heterocycles. The first-order chi connectivity index (χ1) is 11.2. The molecule has 0 bridgehead atoms. The van der Waals surface area contributed by atoms with Crippen LogP contribution in [0.4, 0.5) is 4.79 Å². The molecule has 2 aromatic rings. The number of fused-ring (bicyclic) bond motifs is 3. The summed E-state index contributed by atoms with van der Waals surface area (Å²) >= 11 is 0. The molecule has 7 nitrogen and oxygen atoms in total. The van der Waals surface area contributed by atoms with Crippen molar-refractivity contribution in [1.29, 1.82) is 0 Å². The molecule has 1 amide bonds. The van der Waals surface area contributed by atoms with Crippen molar-refractivity contribution in [2.24, 2.45) is 0 Å². The zero-order chi connectivity index (χ0) is 16.0. The highest BCUT2D eigenvalue weighted by Gasteiger charge is 2.35. The third-order valence-electron chi connectivity index (χ3n) is 4.26. The number of amides is 1. The van der Waals surface area contributed by atoms with E-state index in [1.165, 1.54) is 0 Å². The van der Waals surface area contributed by atoms with Crippen molar-refractivity contribution in [1.82, 2.24) is 19.9 Å². The summed E-state index contributed by atoms with van der Waals surface area (Å²) < 4.78 is 0. The van der Waals surface area contributed by atoms with Crippen molar-refractivity contribution in [3.63, 3.8) is 0 Å². The Bertz CT molecular complexity index is 834. The van der Waals surface area contributed by atoms with Gasteiger partial charge in [-0.05, 0) is 19.3 Å². The predicted octanol–water partition coefficient (Wildman–Crippen LogP) is 1.78. The van der Waals surface area contributed by atoms with Gasteiger partial charge >= 0.3 is 6.03 Å². The second-order valence-corrected chi connectivity index (χ2v) is 5.72. The average molecular weight is 310 g/mol. The molecule has 0 saturated carbocycles. The Kier molecular flexibility index (Phi) is 3.07. The van der Waals surface area contributed by atoms with Crippen LogP contribution in [0.15, 0.2) is 24.3 Å². The number of nitrogens with zero attached hydrogens (tertiary/aromatic N) is 4. The Morgan fingerprint density at radius 1 is 0.870 bits per heavy atom. The lowest BCUT2D eigenvalue weighted by Crippen LogP contribution is -2.39. The van der Waals surface area contributed by atoms with E-state index in [4.69, 9.17) is 0 Å². The van der Waals surface area contributed by atoms with Crippen LogP contribution in [-0.4, -0.2) is 50.6 Å². The van der Waals surface area contributed by atoms with Gasteiger partial charge in [0.2, 0.25) is 5.78 Å². The van der Waals surface area contributed by atoms with E-state index in [-0.39, 0.29) is 11.7 Å². The molecule has 0 atom stereocenters. The molecule has 0 N–H and O–H groups in total. The third-order valence-corrected chi connectivity index (χ3v) is 4.26. The number of rotatable bonds is 0. The first-order valence-electron chi connectivity index (χ1n) is 7.62. The molecule has 1 saturated heterocycles. The molecule has 2 aliphatic rings. The van der Waals surface area contributed by atoms with Crippen molar-refractivity contribution < 1.29 is 14.4 Å². The molecule has 0 spiro atoms. The predicted molar refractivity (Wildman–Crippen MR) is 80.3 cm³/mol. The fourth-order valence-corrected chi connectivity index (χ4v) is 3.06. The van der Waals surface area contributed by atoms with Crippen LogP contribution < -0.4 is 0 Å². The van der Waals surface area contributed by atoms with Crippen LogP contribution in [0, 0.1) is 0 Å². The number of ketones is 2. The minimum atomic E-state index is -0.712. The van der Waals surface area contributed by atoms with E-state index in [0.29, 0.717) is 29.9 Å². The van der Waals surface area contributed by atoms with E-state index in [0.717, 1.165) is 24.1 Å². The highest BCUT2D eigenvalue weighted by molar-refractivity contribution is 6.52. The summed E-state index contributed by atoms with van der Waals surface area (Å²) in [6, 6.07) is 6.40. The standard InChI is InChI=1S/C16H14N4O3/c21-14-11-7-3-2-6-10(11)12-13(15(14)22)18-20(17-12)16(23)19-8-4-1-5-9-19/h2-3,6-7H,1,4-5,8-9H2. The Hall–Kier alpha value is -2.83. The normalized spacial score (nSPS) is 17.0. The molecular weight excluding hydrogens is 296 g/mol. The maximum Gasteiger partial charge on any atom is 0.362 e. The molecule has 116 valence electrons. The zero-order valence-corrected chi connectivity index (χ0v) is 12.4. The van der Waals surface area contributed by atoms with Crippen LogP contribution >= 0.6 is 0 Å². The molecule has 7 heteroatoms. The monoisotopic (exact) mass is 310 g/mol. The second-order valence-electron chi connectivity index (χ2n) is 5.72. The van der Waals surface area contributed by atoms with Crippen LogP contribution in [0.2, 0.25) is 0 Å². The van der Waals surface area contributed by atoms with Gasteiger partial charge in [0.15, 0.2) is 5.69 Å². The summed E-state index contributed by atoms with van der Waals surface area (Å²) in [6.45, 7) is 1.32. The van der Waals surface area contributed by atoms with Gasteiger partial charge in [0.1, 0.15) is 5.69 Å². The number of Topliss-reactive ketones (excluding diaryl/α,β-unsaturated/α-hetero) is 2. The SMILES string of the molecule is O=C1C(=O)c2nn(C(=O)N3CCCCC3)nc2-c2ccccc21. The topological polar surface area (TPSA) is 85.2 Å². The van der Waals surface area contributed by atoms with Crippen LogP contribution in [0.3, 0.4) is 0 Å². The smallest absolute Gasteiger partial charge is 0.322 e. The minimum Gasteiger partial charge on any atom is -0.322 e. The summed E-state index contributed by atoms with van der Waals surface area (Å²) in [7, 11) is 0. The zero-order valence-electron chi connectivity index (χ0n) is 12.4. The molecule has 0 radical (unpaired) electrons. The van der Waals surface area contributed by atoms with Gasteiger partial charge in [-0.25, -0.2) is 4.79 Å². The Balaban J connectivity index is 1.78. The Labute approximate surface area is 131 Å². The largest absolute Gasteiger partial charge is 0.362 e. The van der Waals surface area contributed by atoms with Crippen LogP contribution in [0.1, 0.15) is 40.1 Å². The molecule has 23 heavy (non-hydrogen) atoms.